The molecule has 2 N–H and O–H groups in total. The molecule has 0 unspecified atom stereocenters. The summed E-state index contributed by atoms with van der Waals surface area (Å²) in [4.78, 5) is 3.80. The van der Waals surface area contributed by atoms with Crippen LogP contribution < -0.4 is 5.32 Å². The standard InChI is InChI=1S/C20H17F5N4OS2/c1-12(32-18(31)28-15-5-2-13(3-6-15)20(23,24)25)19(30,9-29-11-26-10-27-29)16-7-4-14(21)8-17(16)22/h2-8,10-12,30H,9H2,1H3,(H,28,31)/t12-,19-/m1/s1. The molecule has 1 aromatic heterocycles. The van der Waals surface area contributed by atoms with Crippen LogP contribution in [0.15, 0.2) is 55.1 Å². The van der Waals surface area contributed by atoms with E-state index >= 15 is 0 Å². The molecular weight excluding hydrogens is 471 g/mol. The fourth-order valence-corrected chi connectivity index (χ4v) is 4.43. The minimum absolute atomic E-state index is 0.136. The molecule has 0 aliphatic heterocycles. The molecule has 5 nitrogen and oxygen atoms in total. The number of thiocarbonyl (C=S) groups is 1. The van der Waals surface area contributed by atoms with Crippen LogP contribution in [0.4, 0.5) is 27.6 Å². The van der Waals surface area contributed by atoms with Crippen LogP contribution in [0.3, 0.4) is 0 Å². The molecule has 0 radical (unpaired) electrons. The maximum atomic E-state index is 14.6. The van der Waals surface area contributed by atoms with E-state index < -0.39 is 34.2 Å². The zero-order valence-electron chi connectivity index (χ0n) is 16.5. The highest BCUT2D eigenvalue weighted by molar-refractivity contribution is 8.23. The average Bonchev–Trinajstić information content (AvgIpc) is 3.20. The third-order valence-electron chi connectivity index (χ3n) is 4.68. The number of aliphatic hydroxyl groups is 1. The lowest BCUT2D eigenvalue weighted by Gasteiger charge is -2.34. The third kappa shape index (κ3) is 5.61. The average molecular weight is 489 g/mol. The summed E-state index contributed by atoms with van der Waals surface area (Å²) in [5.41, 5.74) is -2.52. The quantitative estimate of drug-likeness (QED) is 0.377. The molecule has 0 aliphatic rings. The molecule has 0 fully saturated rings. The molecule has 0 amide bonds. The lowest BCUT2D eigenvalue weighted by Crippen LogP contribution is -2.42. The van der Waals surface area contributed by atoms with Crippen LogP contribution in [0.2, 0.25) is 0 Å². The number of rotatable bonds is 6. The minimum Gasteiger partial charge on any atom is -0.382 e. The minimum atomic E-state index is -4.46. The summed E-state index contributed by atoms with van der Waals surface area (Å²) >= 11 is 6.24. The Morgan fingerprint density at radius 3 is 2.44 bits per heavy atom. The molecule has 32 heavy (non-hydrogen) atoms. The van der Waals surface area contributed by atoms with Crippen LogP contribution in [0.1, 0.15) is 18.1 Å². The summed E-state index contributed by atoms with van der Waals surface area (Å²) in [6, 6.07) is 7.11. The molecule has 0 aliphatic carbocycles. The second kappa shape index (κ2) is 9.51. The molecule has 0 saturated heterocycles. The predicted octanol–water partition coefficient (Wildman–Crippen LogP) is 4.98. The van der Waals surface area contributed by atoms with Crippen LogP contribution in [0, 0.1) is 11.6 Å². The van der Waals surface area contributed by atoms with E-state index in [-0.39, 0.29) is 16.4 Å². The molecule has 3 rings (SSSR count). The molecule has 170 valence electrons. The molecule has 0 bridgehead atoms. The lowest BCUT2D eigenvalue weighted by molar-refractivity contribution is -0.137. The Kier molecular flexibility index (Phi) is 7.16. The van der Waals surface area contributed by atoms with E-state index in [4.69, 9.17) is 12.2 Å². The van der Waals surface area contributed by atoms with Gasteiger partial charge in [-0.15, -0.1) is 0 Å². The summed E-state index contributed by atoms with van der Waals surface area (Å²) in [6.07, 6.45) is -1.88. The largest absolute Gasteiger partial charge is 0.416 e. The number of benzene rings is 2. The van der Waals surface area contributed by atoms with Crippen molar-refractivity contribution >= 4 is 34.0 Å². The van der Waals surface area contributed by atoms with E-state index in [1.165, 1.54) is 29.5 Å². The van der Waals surface area contributed by atoms with Crippen molar-refractivity contribution in [1.82, 2.24) is 14.8 Å². The van der Waals surface area contributed by atoms with E-state index in [2.05, 4.69) is 15.4 Å². The summed E-state index contributed by atoms with van der Waals surface area (Å²) in [6.45, 7) is 1.39. The van der Waals surface area contributed by atoms with E-state index in [1.54, 1.807) is 6.92 Å². The first-order valence-electron chi connectivity index (χ1n) is 9.14. The summed E-state index contributed by atoms with van der Waals surface area (Å²) in [5, 5.41) is 17.4. The fourth-order valence-electron chi connectivity index (χ4n) is 2.98. The van der Waals surface area contributed by atoms with Crippen molar-refractivity contribution in [2.75, 3.05) is 5.32 Å². The van der Waals surface area contributed by atoms with Gasteiger partial charge in [-0.3, -0.25) is 0 Å². The molecule has 2 atom stereocenters. The van der Waals surface area contributed by atoms with Crippen molar-refractivity contribution in [2.24, 2.45) is 0 Å². The normalized spacial score (nSPS) is 14.6. The van der Waals surface area contributed by atoms with Crippen LogP contribution in [0.5, 0.6) is 0 Å². The van der Waals surface area contributed by atoms with Gasteiger partial charge in [-0.05, 0) is 37.3 Å². The van der Waals surface area contributed by atoms with E-state index in [0.717, 1.165) is 36.0 Å². The first-order chi connectivity index (χ1) is 15.0. The number of nitrogens with zero attached hydrogens (tertiary/aromatic N) is 3. The number of aromatic nitrogens is 3. The van der Waals surface area contributed by atoms with Gasteiger partial charge in [-0.1, -0.05) is 30.0 Å². The number of halogens is 5. The van der Waals surface area contributed by atoms with Gasteiger partial charge in [0, 0.05) is 22.6 Å². The second-order valence-corrected chi connectivity index (χ2v) is 8.91. The Balaban J connectivity index is 1.80. The van der Waals surface area contributed by atoms with Gasteiger partial charge in [0.2, 0.25) is 0 Å². The fraction of sp³-hybridized carbons (Fsp3) is 0.250. The highest BCUT2D eigenvalue weighted by atomic mass is 32.2. The molecule has 12 heteroatoms. The van der Waals surface area contributed by atoms with Gasteiger partial charge in [0.25, 0.3) is 0 Å². The Hall–Kier alpha value is -2.57. The summed E-state index contributed by atoms with van der Waals surface area (Å²) in [5.74, 6) is -1.74. The Morgan fingerprint density at radius 2 is 1.88 bits per heavy atom. The monoisotopic (exact) mass is 488 g/mol. The van der Waals surface area contributed by atoms with Crippen LogP contribution >= 0.6 is 24.0 Å². The van der Waals surface area contributed by atoms with Crippen molar-refractivity contribution in [3.8, 4) is 0 Å². The first-order valence-corrected chi connectivity index (χ1v) is 10.4. The maximum absolute atomic E-state index is 14.6. The SMILES string of the molecule is C[C@@H](SC(=S)Nc1ccc(C(F)(F)F)cc1)[C@](O)(Cn1cncn1)c1ccc(F)cc1F. The van der Waals surface area contributed by atoms with E-state index in [0.29, 0.717) is 11.8 Å². The topological polar surface area (TPSA) is 63.0 Å². The van der Waals surface area contributed by atoms with E-state index in [9.17, 15) is 27.1 Å². The van der Waals surface area contributed by atoms with Crippen molar-refractivity contribution in [1.29, 1.82) is 0 Å². The lowest BCUT2D eigenvalue weighted by atomic mass is 9.90. The number of anilines is 1. The van der Waals surface area contributed by atoms with Gasteiger partial charge in [0.15, 0.2) is 0 Å². The van der Waals surface area contributed by atoms with Gasteiger partial charge in [0.1, 0.15) is 34.2 Å². The van der Waals surface area contributed by atoms with Crippen LogP contribution in [-0.4, -0.2) is 29.4 Å². The highest BCUT2D eigenvalue weighted by Gasteiger charge is 2.40. The summed E-state index contributed by atoms with van der Waals surface area (Å²) < 4.78 is 67.6. The number of hydrogen-bond donors (Lipinski definition) is 2. The van der Waals surface area contributed by atoms with Gasteiger partial charge >= 0.3 is 6.18 Å². The van der Waals surface area contributed by atoms with Crippen molar-refractivity contribution < 1.29 is 27.1 Å². The van der Waals surface area contributed by atoms with Gasteiger partial charge in [-0.25, -0.2) is 18.4 Å². The van der Waals surface area contributed by atoms with Crippen molar-refractivity contribution in [2.45, 2.75) is 30.5 Å². The number of thioether (sulfide) groups is 1. The Bertz CT molecular complexity index is 1080. The summed E-state index contributed by atoms with van der Waals surface area (Å²) in [7, 11) is 0. The smallest absolute Gasteiger partial charge is 0.382 e. The van der Waals surface area contributed by atoms with Crippen molar-refractivity contribution in [3.05, 3.63) is 77.9 Å². The van der Waals surface area contributed by atoms with Crippen LogP contribution in [0.25, 0.3) is 0 Å². The molecular formula is C20H17F5N4OS2. The van der Waals surface area contributed by atoms with Gasteiger partial charge < -0.3 is 10.4 Å². The van der Waals surface area contributed by atoms with Crippen molar-refractivity contribution in [3.63, 3.8) is 0 Å². The molecule has 1 heterocycles. The molecule has 3 aromatic rings. The predicted molar refractivity (Wildman–Crippen MR) is 115 cm³/mol. The highest BCUT2D eigenvalue weighted by Crippen LogP contribution is 2.37. The Labute approximate surface area is 189 Å². The van der Waals surface area contributed by atoms with Crippen LogP contribution in [-0.2, 0) is 18.3 Å². The van der Waals surface area contributed by atoms with Gasteiger partial charge in [-0.2, -0.15) is 18.3 Å². The zero-order chi connectivity index (χ0) is 23.5. The number of hydrogen-bond acceptors (Lipinski definition) is 5. The van der Waals surface area contributed by atoms with Gasteiger partial charge in [0.05, 0.1) is 12.1 Å². The second-order valence-electron chi connectivity index (χ2n) is 6.89. The first kappa shape index (κ1) is 24.1. The zero-order valence-corrected chi connectivity index (χ0v) is 18.1. The van der Waals surface area contributed by atoms with E-state index in [1.807, 2.05) is 0 Å². The molecule has 2 aromatic carbocycles. The third-order valence-corrected chi connectivity index (χ3v) is 6.13. The maximum Gasteiger partial charge on any atom is 0.416 e. The number of nitrogens with one attached hydrogen (secondary N) is 1. The Morgan fingerprint density at radius 1 is 1.19 bits per heavy atom. The molecule has 0 saturated carbocycles. The number of alkyl halides is 3. The molecule has 0 spiro atoms.